The van der Waals surface area contributed by atoms with E-state index in [2.05, 4.69) is 21.5 Å². The molecule has 1 N–H and O–H groups in total. The smallest absolute Gasteiger partial charge is 0.234 e. The van der Waals surface area contributed by atoms with Crippen molar-refractivity contribution in [1.29, 1.82) is 0 Å². The first-order chi connectivity index (χ1) is 9.29. The number of ether oxygens (including phenoxy) is 2. The molecule has 102 valence electrons. The largest absolute Gasteiger partial charge is 0.480 e. The van der Waals surface area contributed by atoms with Crippen LogP contribution >= 0.6 is 0 Å². The molecule has 0 bridgehead atoms. The number of aryl methyl sites for hydroxylation is 1. The molecule has 0 saturated carbocycles. The molecule has 0 radical (unpaired) electrons. The first kappa shape index (κ1) is 12.4. The molecule has 1 aliphatic rings. The molecule has 3 heterocycles. The van der Waals surface area contributed by atoms with Crippen LogP contribution in [0.15, 0.2) is 12.4 Å². The van der Waals surface area contributed by atoms with Gasteiger partial charge in [0.2, 0.25) is 5.88 Å². The maximum absolute atomic E-state index is 5.89. The minimum atomic E-state index is 0.0846. The first-order valence-electron chi connectivity index (χ1n) is 6.48. The molecule has 19 heavy (non-hydrogen) atoms. The lowest BCUT2D eigenvalue weighted by Crippen LogP contribution is -2.16. The summed E-state index contributed by atoms with van der Waals surface area (Å²) in [6.07, 6.45) is 4.75. The van der Waals surface area contributed by atoms with E-state index >= 15 is 0 Å². The second kappa shape index (κ2) is 5.14. The molecule has 0 spiro atoms. The lowest BCUT2D eigenvalue weighted by molar-refractivity contribution is 0.0652. The average Bonchev–Trinajstić information content (AvgIpc) is 2.64. The Morgan fingerprint density at radius 1 is 1.47 bits per heavy atom. The highest BCUT2D eigenvalue weighted by atomic mass is 16.5. The van der Waals surface area contributed by atoms with Crippen molar-refractivity contribution in [3.05, 3.63) is 18.0 Å². The zero-order valence-corrected chi connectivity index (χ0v) is 11.2. The summed E-state index contributed by atoms with van der Waals surface area (Å²) >= 11 is 0. The fraction of sp³-hybridized carbons (Fsp3) is 0.538. The maximum atomic E-state index is 5.89. The zero-order chi connectivity index (χ0) is 13.2. The number of hydrogen-bond donors (Lipinski definition) is 1. The molecule has 6 heteroatoms. The molecule has 6 nitrogen and oxygen atoms in total. The summed E-state index contributed by atoms with van der Waals surface area (Å²) in [5.41, 5.74) is 2.83. The third kappa shape index (κ3) is 2.29. The molecule has 3 rings (SSSR count). The van der Waals surface area contributed by atoms with E-state index in [0.29, 0.717) is 5.88 Å². The monoisotopic (exact) mass is 262 g/mol. The van der Waals surface area contributed by atoms with Crippen LogP contribution in [-0.2, 0) is 11.8 Å². The van der Waals surface area contributed by atoms with Crippen molar-refractivity contribution in [2.75, 3.05) is 26.8 Å². The Bertz CT molecular complexity index is 573. The fourth-order valence-electron chi connectivity index (χ4n) is 2.44. The Kier molecular flexibility index (Phi) is 3.35. The highest BCUT2D eigenvalue weighted by molar-refractivity contribution is 5.76. The summed E-state index contributed by atoms with van der Waals surface area (Å²) in [6, 6.07) is 0. The Labute approximate surface area is 111 Å². The maximum Gasteiger partial charge on any atom is 0.234 e. The van der Waals surface area contributed by atoms with Crippen molar-refractivity contribution in [2.45, 2.75) is 12.5 Å². The van der Waals surface area contributed by atoms with Gasteiger partial charge in [-0.2, -0.15) is 4.98 Å². The van der Waals surface area contributed by atoms with Crippen LogP contribution in [-0.4, -0.2) is 41.3 Å². The van der Waals surface area contributed by atoms with Gasteiger partial charge in [-0.25, -0.2) is 4.98 Å². The predicted octanol–water partition coefficient (Wildman–Crippen LogP) is 1.03. The molecule has 2 aromatic heterocycles. The lowest BCUT2D eigenvalue weighted by atomic mass is 10.1. The minimum absolute atomic E-state index is 0.0846. The van der Waals surface area contributed by atoms with Gasteiger partial charge in [0, 0.05) is 25.4 Å². The summed E-state index contributed by atoms with van der Waals surface area (Å²) < 4.78 is 13.0. The van der Waals surface area contributed by atoms with E-state index in [0.717, 1.165) is 42.8 Å². The van der Waals surface area contributed by atoms with Crippen LogP contribution in [0.1, 0.15) is 18.1 Å². The summed E-state index contributed by atoms with van der Waals surface area (Å²) in [5, 5.41) is 3.33. The van der Waals surface area contributed by atoms with Gasteiger partial charge in [-0.1, -0.05) is 0 Å². The topological polar surface area (TPSA) is 61.2 Å². The van der Waals surface area contributed by atoms with Crippen molar-refractivity contribution in [3.63, 3.8) is 0 Å². The summed E-state index contributed by atoms with van der Waals surface area (Å²) in [7, 11) is 3.56. The van der Waals surface area contributed by atoms with E-state index in [1.54, 1.807) is 13.3 Å². The Balaban J connectivity index is 2.03. The molecule has 1 atom stereocenters. The summed E-state index contributed by atoms with van der Waals surface area (Å²) in [6.45, 7) is 2.59. The van der Waals surface area contributed by atoms with Gasteiger partial charge in [0.15, 0.2) is 5.65 Å². The first-order valence-corrected chi connectivity index (χ1v) is 6.48. The van der Waals surface area contributed by atoms with E-state index in [1.165, 1.54) is 0 Å². The molecule has 0 aliphatic carbocycles. The second-order valence-corrected chi connectivity index (χ2v) is 4.68. The molecular weight excluding hydrogens is 244 g/mol. The molecular formula is C13H18N4O2. The third-order valence-electron chi connectivity index (χ3n) is 3.41. The quantitative estimate of drug-likeness (QED) is 0.876. The molecule has 1 fully saturated rings. The van der Waals surface area contributed by atoms with Crippen LogP contribution in [0.4, 0.5) is 0 Å². The van der Waals surface area contributed by atoms with Crippen molar-refractivity contribution in [3.8, 4) is 5.88 Å². The van der Waals surface area contributed by atoms with E-state index in [-0.39, 0.29) is 6.10 Å². The van der Waals surface area contributed by atoms with E-state index in [1.807, 2.05) is 11.6 Å². The lowest BCUT2D eigenvalue weighted by Gasteiger charge is -2.12. The Morgan fingerprint density at radius 3 is 3.21 bits per heavy atom. The normalized spacial score (nSPS) is 20.4. The number of rotatable bonds is 2. The number of aromatic nitrogens is 3. The highest BCUT2D eigenvalue weighted by Crippen LogP contribution is 2.29. The fourth-order valence-corrected chi connectivity index (χ4v) is 2.44. The predicted molar refractivity (Wildman–Crippen MR) is 71.2 cm³/mol. The van der Waals surface area contributed by atoms with Gasteiger partial charge >= 0.3 is 0 Å². The summed E-state index contributed by atoms with van der Waals surface area (Å²) in [4.78, 5) is 8.91. The molecule has 0 aromatic carbocycles. The van der Waals surface area contributed by atoms with Gasteiger partial charge < -0.3 is 19.4 Å². The molecule has 2 aromatic rings. The standard InChI is InChI=1S/C13H18N4O2/c1-17-8-9(10-3-4-14-5-6-19-10)12-13(17)16-11(18-2)7-15-12/h7-8,10,14H,3-6H2,1-2H3. The number of hydrogen-bond acceptors (Lipinski definition) is 5. The van der Waals surface area contributed by atoms with Crippen LogP contribution in [0.5, 0.6) is 5.88 Å². The van der Waals surface area contributed by atoms with E-state index in [9.17, 15) is 0 Å². The van der Waals surface area contributed by atoms with Crippen LogP contribution in [0, 0.1) is 0 Å². The van der Waals surface area contributed by atoms with Gasteiger partial charge in [0.25, 0.3) is 0 Å². The van der Waals surface area contributed by atoms with E-state index in [4.69, 9.17) is 9.47 Å². The second-order valence-electron chi connectivity index (χ2n) is 4.68. The molecule has 1 unspecified atom stereocenters. The van der Waals surface area contributed by atoms with Crippen molar-refractivity contribution in [1.82, 2.24) is 19.9 Å². The van der Waals surface area contributed by atoms with Gasteiger partial charge in [0.1, 0.15) is 5.52 Å². The van der Waals surface area contributed by atoms with Crippen LogP contribution < -0.4 is 10.1 Å². The van der Waals surface area contributed by atoms with Gasteiger partial charge in [-0.15, -0.1) is 0 Å². The minimum Gasteiger partial charge on any atom is -0.480 e. The summed E-state index contributed by atoms with van der Waals surface area (Å²) in [5.74, 6) is 0.531. The van der Waals surface area contributed by atoms with Crippen LogP contribution in [0.3, 0.4) is 0 Å². The molecule has 1 saturated heterocycles. The van der Waals surface area contributed by atoms with Gasteiger partial charge in [-0.05, 0) is 13.0 Å². The number of methoxy groups -OCH3 is 1. The number of nitrogens with one attached hydrogen (secondary N) is 1. The van der Waals surface area contributed by atoms with Gasteiger partial charge in [0.05, 0.1) is 26.0 Å². The van der Waals surface area contributed by atoms with Gasteiger partial charge in [-0.3, -0.25) is 0 Å². The van der Waals surface area contributed by atoms with Crippen LogP contribution in [0.2, 0.25) is 0 Å². The highest BCUT2D eigenvalue weighted by Gasteiger charge is 2.21. The molecule has 0 amide bonds. The number of nitrogens with zero attached hydrogens (tertiary/aromatic N) is 3. The SMILES string of the molecule is COc1cnc2c(C3CCNCCO3)cn(C)c2n1. The average molecular weight is 262 g/mol. The zero-order valence-electron chi connectivity index (χ0n) is 11.2. The van der Waals surface area contributed by atoms with Crippen molar-refractivity contribution >= 4 is 11.2 Å². The Hall–Kier alpha value is -1.66. The van der Waals surface area contributed by atoms with E-state index < -0.39 is 0 Å². The third-order valence-corrected chi connectivity index (χ3v) is 3.41. The molecule has 1 aliphatic heterocycles. The number of fused-ring (bicyclic) bond motifs is 1. The van der Waals surface area contributed by atoms with Crippen molar-refractivity contribution < 1.29 is 9.47 Å². The Morgan fingerprint density at radius 2 is 2.37 bits per heavy atom. The van der Waals surface area contributed by atoms with Crippen molar-refractivity contribution in [2.24, 2.45) is 7.05 Å². The van der Waals surface area contributed by atoms with Crippen LogP contribution in [0.25, 0.3) is 11.2 Å².